The number of Topliss-reactive ketones (excluding diaryl/α,β-unsaturated/α-hetero) is 1. The van der Waals surface area contributed by atoms with Crippen molar-refractivity contribution in [2.75, 3.05) is 6.54 Å². The Labute approximate surface area is 97.5 Å². The highest BCUT2D eigenvalue weighted by atomic mass is 16.6. The van der Waals surface area contributed by atoms with Gasteiger partial charge in [0.2, 0.25) is 0 Å². The fraction of sp³-hybridized carbons (Fsp3) is 0.833. The van der Waals surface area contributed by atoms with E-state index in [9.17, 15) is 9.59 Å². The first-order valence-electron chi connectivity index (χ1n) is 5.63. The van der Waals surface area contributed by atoms with E-state index in [0.717, 1.165) is 0 Å². The van der Waals surface area contributed by atoms with Gasteiger partial charge in [0.05, 0.1) is 6.54 Å². The summed E-state index contributed by atoms with van der Waals surface area (Å²) in [6, 6.07) is 0. The average molecular weight is 229 g/mol. The second-order valence-corrected chi connectivity index (χ2v) is 5.39. The van der Waals surface area contributed by atoms with Crippen LogP contribution < -0.4 is 5.73 Å². The molecule has 4 heteroatoms. The number of nitrogens with two attached hydrogens (primary N) is 1. The van der Waals surface area contributed by atoms with Gasteiger partial charge < -0.3 is 10.5 Å². The van der Waals surface area contributed by atoms with Crippen LogP contribution >= 0.6 is 0 Å². The van der Waals surface area contributed by atoms with Crippen molar-refractivity contribution in [3.63, 3.8) is 0 Å². The lowest BCUT2D eigenvalue weighted by Crippen LogP contribution is -2.36. The molecular formula is C12H23NO3. The Kier molecular flexibility index (Phi) is 5.65. The highest BCUT2D eigenvalue weighted by molar-refractivity contribution is 6.00. The Hall–Kier alpha value is -0.900. The summed E-state index contributed by atoms with van der Waals surface area (Å²) in [7, 11) is 0. The highest BCUT2D eigenvalue weighted by Gasteiger charge is 2.30. The van der Waals surface area contributed by atoms with Gasteiger partial charge in [0.25, 0.3) is 0 Å². The first-order valence-corrected chi connectivity index (χ1v) is 5.63. The molecule has 0 aliphatic carbocycles. The van der Waals surface area contributed by atoms with E-state index >= 15 is 0 Å². The van der Waals surface area contributed by atoms with E-state index in [1.807, 2.05) is 13.8 Å². The van der Waals surface area contributed by atoms with Gasteiger partial charge in [-0.3, -0.25) is 9.59 Å². The van der Waals surface area contributed by atoms with Crippen LogP contribution in [0.3, 0.4) is 0 Å². The minimum absolute atomic E-state index is 0.114. The minimum Gasteiger partial charge on any atom is -0.459 e. The van der Waals surface area contributed by atoms with E-state index < -0.39 is 17.5 Å². The first kappa shape index (κ1) is 15.1. The molecule has 0 aromatic carbocycles. The van der Waals surface area contributed by atoms with E-state index in [4.69, 9.17) is 10.5 Å². The van der Waals surface area contributed by atoms with E-state index in [-0.39, 0.29) is 18.2 Å². The Bertz CT molecular complexity index is 253. The Morgan fingerprint density at radius 2 is 1.75 bits per heavy atom. The van der Waals surface area contributed by atoms with Crippen molar-refractivity contribution < 1.29 is 14.3 Å². The summed E-state index contributed by atoms with van der Waals surface area (Å²) >= 11 is 0. The quantitative estimate of drug-likeness (QED) is 0.573. The fourth-order valence-electron chi connectivity index (χ4n) is 1.35. The third-order valence-corrected chi connectivity index (χ3v) is 1.99. The molecule has 16 heavy (non-hydrogen) atoms. The molecule has 0 heterocycles. The van der Waals surface area contributed by atoms with Crippen molar-refractivity contribution >= 4 is 11.8 Å². The van der Waals surface area contributed by atoms with Crippen LogP contribution in [-0.2, 0) is 14.3 Å². The number of ether oxygens (including phenoxy) is 1. The number of carbonyl (C=O) groups excluding carboxylic acids is 2. The van der Waals surface area contributed by atoms with Crippen LogP contribution in [0.2, 0.25) is 0 Å². The molecule has 94 valence electrons. The standard InChI is InChI=1S/C12H23NO3/c1-8(2)6-9(10(14)7-13)11(15)16-12(3,4)5/h8-9H,6-7,13H2,1-5H3. The monoisotopic (exact) mass is 229 g/mol. The second-order valence-electron chi connectivity index (χ2n) is 5.39. The Morgan fingerprint density at radius 3 is 2.06 bits per heavy atom. The zero-order valence-corrected chi connectivity index (χ0v) is 10.9. The number of carbonyl (C=O) groups is 2. The maximum atomic E-state index is 11.8. The number of ketones is 1. The molecule has 2 N–H and O–H groups in total. The van der Waals surface area contributed by atoms with Crippen LogP contribution in [-0.4, -0.2) is 23.9 Å². The maximum absolute atomic E-state index is 11.8. The zero-order valence-electron chi connectivity index (χ0n) is 10.9. The molecule has 0 saturated carbocycles. The molecule has 0 fully saturated rings. The molecule has 0 spiro atoms. The second kappa shape index (κ2) is 5.99. The van der Waals surface area contributed by atoms with Crippen molar-refractivity contribution in [2.24, 2.45) is 17.6 Å². The zero-order chi connectivity index (χ0) is 12.9. The summed E-state index contributed by atoms with van der Waals surface area (Å²) in [5.74, 6) is -1.17. The average Bonchev–Trinajstić information content (AvgIpc) is 2.09. The van der Waals surface area contributed by atoms with E-state index in [0.29, 0.717) is 6.42 Å². The smallest absolute Gasteiger partial charge is 0.317 e. The lowest BCUT2D eigenvalue weighted by molar-refractivity contribution is -0.162. The Morgan fingerprint density at radius 1 is 1.25 bits per heavy atom. The molecule has 0 aromatic rings. The lowest BCUT2D eigenvalue weighted by atomic mass is 9.93. The van der Waals surface area contributed by atoms with Gasteiger partial charge in [0.1, 0.15) is 11.5 Å². The van der Waals surface area contributed by atoms with Crippen molar-refractivity contribution in [2.45, 2.75) is 46.6 Å². The summed E-state index contributed by atoms with van der Waals surface area (Å²) in [5, 5.41) is 0. The topological polar surface area (TPSA) is 69.4 Å². The van der Waals surface area contributed by atoms with E-state index in [2.05, 4.69) is 0 Å². The summed E-state index contributed by atoms with van der Waals surface area (Å²) in [5.41, 5.74) is 4.72. The molecule has 0 aliphatic heterocycles. The van der Waals surface area contributed by atoms with Crippen LogP contribution in [0.15, 0.2) is 0 Å². The van der Waals surface area contributed by atoms with Crippen LogP contribution in [0.4, 0.5) is 0 Å². The summed E-state index contributed by atoms with van der Waals surface area (Å²) in [6.45, 7) is 9.15. The lowest BCUT2D eigenvalue weighted by Gasteiger charge is -2.24. The Balaban J connectivity index is 4.63. The van der Waals surface area contributed by atoms with Gasteiger partial charge in [-0.05, 0) is 33.1 Å². The van der Waals surface area contributed by atoms with Gasteiger partial charge in [-0.25, -0.2) is 0 Å². The van der Waals surface area contributed by atoms with Crippen molar-refractivity contribution in [1.29, 1.82) is 0 Å². The predicted molar refractivity (Wildman–Crippen MR) is 62.9 cm³/mol. The number of rotatable bonds is 5. The van der Waals surface area contributed by atoms with E-state index in [1.165, 1.54) is 0 Å². The van der Waals surface area contributed by atoms with Crippen LogP contribution in [0.5, 0.6) is 0 Å². The van der Waals surface area contributed by atoms with Crippen LogP contribution in [0.1, 0.15) is 41.0 Å². The molecule has 0 aromatic heterocycles. The van der Waals surface area contributed by atoms with Gasteiger partial charge in [-0.2, -0.15) is 0 Å². The molecule has 0 bridgehead atoms. The molecule has 0 aliphatic rings. The molecule has 0 amide bonds. The molecule has 0 radical (unpaired) electrons. The van der Waals surface area contributed by atoms with E-state index in [1.54, 1.807) is 20.8 Å². The number of hydrogen-bond donors (Lipinski definition) is 1. The summed E-state index contributed by atoms with van der Waals surface area (Å²) in [4.78, 5) is 23.3. The molecule has 0 rings (SSSR count). The molecular weight excluding hydrogens is 206 g/mol. The molecule has 1 atom stereocenters. The fourth-order valence-corrected chi connectivity index (χ4v) is 1.35. The van der Waals surface area contributed by atoms with Crippen molar-refractivity contribution in [3.05, 3.63) is 0 Å². The van der Waals surface area contributed by atoms with Gasteiger partial charge in [0.15, 0.2) is 5.78 Å². The minimum atomic E-state index is -0.718. The first-order chi connectivity index (χ1) is 7.17. The van der Waals surface area contributed by atoms with Crippen LogP contribution in [0.25, 0.3) is 0 Å². The molecule has 4 nitrogen and oxygen atoms in total. The summed E-state index contributed by atoms with van der Waals surface area (Å²) in [6.07, 6.45) is 0.491. The van der Waals surface area contributed by atoms with Gasteiger partial charge >= 0.3 is 5.97 Å². The van der Waals surface area contributed by atoms with Crippen molar-refractivity contribution in [3.8, 4) is 0 Å². The maximum Gasteiger partial charge on any atom is 0.317 e. The SMILES string of the molecule is CC(C)CC(C(=O)CN)C(=O)OC(C)(C)C. The summed E-state index contributed by atoms with van der Waals surface area (Å²) < 4.78 is 5.21. The number of hydrogen-bond acceptors (Lipinski definition) is 4. The van der Waals surface area contributed by atoms with Gasteiger partial charge in [-0.15, -0.1) is 0 Å². The van der Waals surface area contributed by atoms with Gasteiger partial charge in [-0.1, -0.05) is 13.8 Å². The largest absolute Gasteiger partial charge is 0.459 e. The third kappa shape index (κ3) is 5.85. The molecule has 0 saturated heterocycles. The molecule has 1 unspecified atom stereocenters. The third-order valence-electron chi connectivity index (χ3n) is 1.99. The van der Waals surface area contributed by atoms with Gasteiger partial charge in [0, 0.05) is 0 Å². The normalized spacial score (nSPS) is 13.7. The number of esters is 1. The van der Waals surface area contributed by atoms with Crippen LogP contribution in [0, 0.1) is 11.8 Å². The predicted octanol–water partition coefficient (Wildman–Crippen LogP) is 1.52. The highest BCUT2D eigenvalue weighted by Crippen LogP contribution is 2.18. The van der Waals surface area contributed by atoms with Crippen molar-refractivity contribution in [1.82, 2.24) is 0 Å².